The summed E-state index contributed by atoms with van der Waals surface area (Å²) in [6.45, 7) is 1.56. The number of carbonyl (C=O) groups is 1. The molecule has 0 aliphatic rings. The molecule has 14 heavy (non-hydrogen) atoms. The van der Waals surface area contributed by atoms with Gasteiger partial charge < -0.3 is 14.6 Å². The molecule has 0 aromatic carbocycles. The first kappa shape index (κ1) is 10.7. The van der Waals surface area contributed by atoms with Crippen LogP contribution in [-0.4, -0.2) is 28.3 Å². The van der Waals surface area contributed by atoms with Crippen LogP contribution in [0.15, 0.2) is 6.20 Å². The van der Waals surface area contributed by atoms with E-state index < -0.39 is 5.60 Å². The fourth-order valence-corrected chi connectivity index (χ4v) is 1.44. The minimum Gasteiger partial charge on any atom is -0.493 e. The molecule has 0 saturated carbocycles. The molecule has 5 heteroatoms. The molecule has 1 unspecified atom stereocenters. The van der Waals surface area contributed by atoms with Gasteiger partial charge in [0, 0.05) is 13.5 Å². The molecule has 1 atom stereocenters. The first-order valence-corrected chi connectivity index (χ1v) is 4.25. The number of methoxy groups -OCH3 is 1. The quantitative estimate of drug-likeness (QED) is 0.703. The Morgan fingerprint density at radius 1 is 1.79 bits per heavy atom. The van der Waals surface area contributed by atoms with E-state index >= 15 is 0 Å². The average molecular weight is 198 g/mol. The Balaban J connectivity index is 3.14. The van der Waals surface area contributed by atoms with Gasteiger partial charge in [0.25, 0.3) is 0 Å². The van der Waals surface area contributed by atoms with E-state index in [0.29, 0.717) is 17.7 Å². The SMILES string of the molecule is COc1cnn(C)c1C(C)(O)CC=O. The smallest absolute Gasteiger partial charge is 0.162 e. The molecule has 78 valence electrons. The first-order chi connectivity index (χ1) is 6.53. The van der Waals surface area contributed by atoms with Crippen molar-refractivity contribution in [2.75, 3.05) is 7.11 Å². The van der Waals surface area contributed by atoms with Crippen LogP contribution >= 0.6 is 0 Å². The molecular formula is C9H14N2O3. The van der Waals surface area contributed by atoms with Crippen LogP contribution in [-0.2, 0) is 17.4 Å². The summed E-state index contributed by atoms with van der Waals surface area (Å²) >= 11 is 0. The topological polar surface area (TPSA) is 64.3 Å². The zero-order chi connectivity index (χ0) is 10.8. The largest absolute Gasteiger partial charge is 0.493 e. The van der Waals surface area contributed by atoms with E-state index in [0.717, 1.165) is 0 Å². The maximum absolute atomic E-state index is 10.4. The number of ether oxygens (including phenoxy) is 1. The van der Waals surface area contributed by atoms with Gasteiger partial charge in [-0.05, 0) is 6.92 Å². The van der Waals surface area contributed by atoms with Gasteiger partial charge in [0.2, 0.25) is 0 Å². The molecule has 1 heterocycles. The van der Waals surface area contributed by atoms with E-state index in [1.807, 2.05) is 0 Å². The van der Waals surface area contributed by atoms with Crippen molar-refractivity contribution in [3.8, 4) is 5.75 Å². The number of aliphatic hydroxyl groups is 1. The summed E-state index contributed by atoms with van der Waals surface area (Å²) in [6.07, 6.45) is 2.20. The summed E-state index contributed by atoms with van der Waals surface area (Å²) in [7, 11) is 3.19. The number of nitrogens with zero attached hydrogens (tertiary/aromatic N) is 2. The number of aldehydes is 1. The monoisotopic (exact) mass is 198 g/mol. The molecule has 1 N–H and O–H groups in total. The van der Waals surface area contributed by atoms with Crippen molar-refractivity contribution in [3.05, 3.63) is 11.9 Å². The summed E-state index contributed by atoms with van der Waals surface area (Å²) in [4.78, 5) is 10.4. The molecule has 0 saturated heterocycles. The third kappa shape index (κ3) is 1.77. The van der Waals surface area contributed by atoms with Gasteiger partial charge in [-0.2, -0.15) is 5.10 Å². The van der Waals surface area contributed by atoms with Crippen LogP contribution in [0.3, 0.4) is 0 Å². The van der Waals surface area contributed by atoms with Crippen molar-refractivity contribution >= 4 is 6.29 Å². The Morgan fingerprint density at radius 2 is 2.43 bits per heavy atom. The van der Waals surface area contributed by atoms with Crippen LogP contribution in [0, 0.1) is 0 Å². The summed E-state index contributed by atoms with van der Waals surface area (Å²) in [5.74, 6) is 0.486. The predicted octanol–water partition coefficient (Wildman–Crippen LogP) is 0.225. The molecule has 0 bridgehead atoms. The zero-order valence-electron chi connectivity index (χ0n) is 8.52. The maximum atomic E-state index is 10.4. The van der Waals surface area contributed by atoms with Gasteiger partial charge in [-0.3, -0.25) is 4.68 Å². The molecule has 0 radical (unpaired) electrons. The molecular weight excluding hydrogens is 184 g/mol. The third-order valence-corrected chi connectivity index (χ3v) is 2.12. The normalized spacial score (nSPS) is 14.9. The van der Waals surface area contributed by atoms with Crippen molar-refractivity contribution in [1.29, 1.82) is 0 Å². The minimum absolute atomic E-state index is 0.0168. The summed E-state index contributed by atoms with van der Waals surface area (Å²) in [6, 6.07) is 0. The predicted molar refractivity (Wildman–Crippen MR) is 50.0 cm³/mol. The van der Waals surface area contributed by atoms with Crippen LogP contribution < -0.4 is 4.74 Å². The van der Waals surface area contributed by atoms with Crippen molar-refractivity contribution in [1.82, 2.24) is 9.78 Å². The van der Waals surface area contributed by atoms with Gasteiger partial charge in [0.05, 0.1) is 13.3 Å². The second kappa shape index (κ2) is 3.79. The van der Waals surface area contributed by atoms with Crippen LogP contribution in [0.1, 0.15) is 19.0 Å². The molecule has 1 aromatic heterocycles. The highest BCUT2D eigenvalue weighted by Crippen LogP contribution is 2.30. The highest BCUT2D eigenvalue weighted by atomic mass is 16.5. The molecule has 1 rings (SSSR count). The van der Waals surface area contributed by atoms with Crippen LogP contribution in [0.5, 0.6) is 5.75 Å². The first-order valence-electron chi connectivity index (χ1n) is 4.25. The Bertz CT molecular complexity index is 331. The van der Waals surface area contributed by atoms with E-state index in [9.17, 15) is 9.90 Å². The van der Waals surface area contributed by atoms with Gasteiger partial charge in [-0.1, -0.05) is 0 Å². The number of carbonyl (C=O) groups excluding carboxylic acids is 1. The van der Waals surface area contributed by atoms with Crippen molar-refractivity contribution in [2.24, 2.45) is 7.05 Å². The molecule has 0 fully saturated rings. The van der Waals surface area contributed by atoms with E-state index in [1.165, 1.54) is 18.0 Å². The number of hydrogen-bond acceptors (Lipinski definition) is 4. The molecule has 0 aliphatic heterocycles. The molecule has 5 nitrogen and oxygen atoms in total. The van der Waals surface area contributed by atoms with Crippen LogP contribution in [0.25, 0.3) is 0 Å². The average Bonchev–Trinajstić information content (AvgIpc) is 2.47. The lowest BCUT2D eigenvalue weighted by Crippen LogP contribution is -2.25. The fourth-order valence-electron chi connectivity index (χ4n) is 1.44. The Morgan fingerprint density at radius 3 is 2.93 bits per heavy atom. The Labute approximate surface area is 82.3 Å². The number of aryl methyl sites for hydroxylation is 1. The maximum Gasteiger partial charge on any atom is 0.162 e. The Kier molecular flexibility index (Phi) is 2.90. The standard InChI is InChI=1S/C9H14N2O3/c1-9(13,4-5-12)8-7(14-3)6-10-11(8)2/h5-6,13H,4H2,1-3H3. The second-order valence-corrected chi connectivity index (χ2v) is 3.33. The number of aromatic nitrogens is 2. The summed E-state index contributed by atoms with van der Waals surface area (Å²) in [5.41, 5.74) is -0.731. The van der Waals surface area contributed by atoms with E-state index in [2.05, 4.69) is 5.10 Å². The molecule has 1 aromatic rings. The minimum atomic E-state index is -1.24. The lowest BCUT2D eigenvalue weighted by Gasteiger charge is -2.21. The van der Waals surface area contributed by atoms with Crippen LogP contribution in [0.4, 0.5) is 0 Å². The van der Waals surface area contributed by atoms with Gasteiger partial charge in [-0.25, -0.2) is 0 Å². The number of rotatable bonds is 4. The fraction of sp³-hybridized carbons (Fsp3) is 0.556. The lowest BCUT2D eigenvalue weighted by atomic mass is 9.98. The summed E-state index contributed by atoms with van der Waals surface area (Å²) < 4.78 is 6.54. The molecule has 0 spiro atoms. The zero-order valence-corrected chi connectivity index (χ0v) is 8.52. The van der Waals surface area contributed by atoms with E-state index in [1.54, 1.807) is 14.0 Å². The van der Waals surface area contributed by atoms with Gasteiger partial charge >= 0.3 is 0 Å². The third-order valence-electron chi connectivity index (χ3n) is 2.12. The lowest BCUT2D eigenvalue weighted by molar-refractivity contribution is -0.112. The molecule has 0 aliphatic carbocycles. The number of hydrogen-bond donors (Lipinski definition) is 1. The van der Waals surface area contributed by atoms with Crippen LogP contribution in [0.2, 0.25) is 0 Å². The highest BCUT2D eigenvalue weighted by molar-refractivity contribution is 5.53. The van der Waals surface area contributed by atoms with Gasteiger partial charge in [0.1, 0.15) is 17.6 Å². The summed E-state index contributed by atoms with van der Waals surface area (Å²) in [5, 5.41) is 13.9. The van der Waals surface area contributed by atoms with Gasteiger partial charge in [-0.15, -0.1) is 0 Å². The van der Waals surface area contributed by atoms with E-state index in [-0.39, 0.29) is 6.42 Å². The van der Waals surface area contributed by atoms with Crippen molar-refractivity contribution in [2.45, 2.75) is 18.9 Å². The Hall–Kier alpha value is -1.36. The van der Waals surface area contributed by atoms with Crippen molar-refractivity contribution < 1.29 is 14.6 Å². The second-order valence-electron chi connectivity index (χ2n) is 3.33. The highest BCUT2D eigenvalue weighted by Gasteiger charge is 2.30. The van der Waals surface area contributed by atoms with Gasteiger partial charge in [0.15, 0.2) is 5.75 Å². The van der Waals surface area contributed by atoms with E-state index in [4.69, 9.17) is 4.74 Å². The van der Waals surface area contributed by atoms with Crippen molar-refractivity contribution in [3.63, 3.8) is 0 Å². The molecule has 0 amide bonds.